The number of carbonyl (C=O) groups is 1. The van der Waals surface area contributed by atoms with E-state index in [-0.39, 0.29) is 30.8 Å². The zero-order chi connectivity index (χ0) is 10.8. The van der Waals surface area contributed by atoms with E-state index in [2.05, 4.69) is 5.92 Å². The Kier molecular flexibility index (Phi) is 3.17. The van der Waals surface area contributed by atoms with Gasteiger partial charge in [-0.15, -0.1) is 12.3 Å². The molecule has 1 saturated heterocycles. The van der Waals surface area contributed by atoms with Crippen LogP contribution in [0.15, 0.2) is 0 Å². The van der Waals surface area contributed by atoms with Gasteiger partial charge in [0.25, 0.3) is 0 Å². The van der Waals surface area contributed by atoms with Gasteiger partial charge in [0.15, 0.2) is 0 Å². The van der Waals surface area contributed by atoms with Gasteiger partial charge in [-0.1, -0.05) is 13.8 Å². The summed E-state index contributed by atoms with van der Waals surface area (Å²) in [6.45, 7) is 3.80. The molecule has 3 heteroatoms. The third-order valence-corrected chi connectivity index (χ3v) is 2.95. The van der Waals surface area contributed by atoms with E-state index in [4.69, 9.17) is 11.2 Å². The summed E-state index contributed by atoms with van der Waals surface area (Å²) in [7, 11) is 0. The molecule has 0 aromatic rings. The van der Waals surface area contributed by atoms with Crippen molar-refractivity contribution in [3.05, 3.63) is 0 Å². The second-order valence-electron chi connectivity index (χ2n) is 3.89. The summed E-state index contributed by atoms with van der Waals surface area (Å²) in [5.74, 6) is 1.97. The molecule has 0 unspecified atom stereocenters. The number of esters is 1. The van der Waals surface area contributed by atoms with Crippen molar-refractivity contribution in [2.75, 3.05) is 0 Å². The highest BCUT2D eigenvalue weighted by atomic mass is 16.5. The lowest BCUT2D eigenvalue weighted by Crippen LogP contribution is -2.50. The van der Waals surface area contributed by atoms with E-state index >= 15 is 0 Å². The van der Waals surface area contributed by atoms with Crippen LogP contribution in [0.1, 0.15) is 33.1 Å². The average Bonchev–Trinajstić information content (AvgIpc) is 2.11. The molecule has 0 spiro atoms. The van der Waals surface area contributed by atoms with Gasteiger partial charge >= 0.3 is 5.97 Å². The Hall–Kier alpha value is -1.01. The SMILES string of the molecule is C#CC[C@@]1(O)CC(=O)O[C@@H](CC)[C@@H]1C. The van der Waals surface area contributed by atoms with Crippen molar-refractivity contribution in [1.29, 1.82) is 0 Å². The Morgan fingerprint density at radius 1 is 1.79 bits per heavy atom. The fourth-order valence-electron chi connectivity index (χ4n) is 1.91. The monoisotopic (exact) mass is 196 g/mol. The molecular weight excluding hydrogens is 180 g/mol. The number of hydrogen-bond acceptors (Lipinski definition) is 3. The highest BCUT2D eigenvalue weighted by Gasteiger charge is 2.45. The fraction of sp³-hybridized carbons (Fsp3) is 0.727. The highest BCUT2D eigenvalue weighted by Crippen LogP contribution is 2.35. The highest BCUT2D eigenvalue weighted by molar-refractivity contribution is 5.72. The number of rotatable bonds is 2. The predicted octanol–water partition coefficient (Wildman–Crippen LogP) is 1.10. The third-order valence-electron chi connectivity index (χ3n) is 2.95. The van der Waals surface area contributed by atoms with E-state index in [9.17, 15) is 9.90 Å². The van der Waals surface area contributed by atoms with Crippen molar-refractivity contribution in [2.45, 2.75) is 44.8 Å². The van der Waals surface area contributed by atoms with E-state index in [1.165, 1.54) is 0 Å². The molecule has 1 fully saturated rings. The molecule has 1 aliphatic heterocycles. The molecule has 3 atom stereocenters. The quantitative estimate of drug-likeness (QED) is 0.531. The lowest BCUT2D eigenvalue weighted by molar-refractivity contribution is -0.182. The largest absolute Gasteiger partial charge is 0.462 e. The Bertz CT molecular complexity index is 266. The summed E-state index contributed by atoms with van der Waals surface area (Å²) in [5, 5.41) is 10.2. The summed E-state index contributed by atoms with van der Waals surface area (Å²) in [6, 6.07) is 0. The molecule has 0 aromatic carbocycles. The van der Waals surface area contributed by atoms with E-state index in [1.807, 2.05) is 13.8 Å². The summed E-state index contributed by atoms with van der Waals surface area (Å²) >= 11 is 0. The van der Waals surface area contributed by atoms with Gasteiger partial charge in [-0.2, -0.15) is 0 Å². The van der Waals surface area contributed by atoms with Gasteiger partial charge in [-0.25, -0.2) is 0 Å². The van der Waals surface area contributed by atoms with Crippen LogP contribution < -0.4 is 0 Å². The fourth-order valence-corrected chi connectivity index (χ4v) is 1.91. The van der Waals surface area contributed by atoms with Crippen LogP contribution in [0.3, 0.4) is 0 Å². The molecule has 0 amide bonds. The van der Waals surface area contributed by atoms with E-state index in [1.54, 1.807) is 0 Å². The minimum Gasteiger partial charge on any atom is -0.462 e. The number of hydrogen-bond donors (Lipinski definition) is 1. The first-order valence-electron chi connectivity index (χ1n) is 4.89. The van der Waals surface area contributed by atoms with Crippen molar-refractivity contribution in [3.63, 3.8) is 0 Å². The first-order chi connectivity index (χ1) is 6.53. The van der Waals surface area contributed by atoms with Crippen LogP contribution in [0.2, 0.25) is 0 Å². The maximum absolute atomic E-state index is 11.2. The van der Waals surface area contributed by atoms with E-state index in [0.717, 1.165) is 0 Å². The van der Waals surface area contributed by atoms with E-state index in [0.29, 0.717) is 6.42 Å². The molecule has 1 heterocycles. The summed E-state index contributed by atoms with van der Waals surface area (Å²) in [4.78, 5) is 11.2. The van der Waals surface area contributed by atoms with Crippen molar-refractivity contribution in [2.24, 2.45) is 5.92 Å². The second kappa shape index (κ2) is 4.02. The van der Waals surface area contributed by atoms with Gasteiger partial charge in [0.05, 0.1) is 12.0 Å². The summed E-state index contributed by atoms with van der Waals surface area (Å²) in [6.07, 6.45) is 5.89. The zero-order valence-corrected chi connectivity index (χ0v) is 8.62. The van der Waals surface area contributed by atoms with Gasteiger partial charge in [0, 0.05) is 12.3 Å². The van der Waals surface area contributed by atoms with Gasteiger partial charge < -0.3 is 9.84 Å². The van der Waals surface area contributed by atoms with Crippen molar-refractivity contribution in [3.8, 4) is 12.3 Å². The normalized spacial score (nSPS) is 37.4. The molecule has 3 nitrogen and oxygen atoms in total. The number of carbonyl (C=O) groups excluding carboxylic acids is 1. The van der Waals surface area contributed by atoms with Crippen LogP contribution in [-0.2, 0) is 9.53 Å². The minimum atomic E-state index is -1.08. The third kappa shape index (κ3) is 1.91. The standard InChI is InChI=1S/C11H16O3/c1-4-6-11(13)7-10(12)14-9(5-2)8(11)3/h1,8-9,13H,5-7H2,2-3H3/t8-,9-,11+/m0/s1. The summed E-state index contributed by atoms with van der Waals surface area (Å²) in [5.41, 5.74) is -1.08. The average molecular weight is 196 g/mol. The van der Waals surface area contributed by atoms with Crippen LogP contribution >= 0.6 is 0 Å². The molecule has 1 rings (SSSR count). The zero-order valence-electron chi connectivity index (χ0n) is 8.62. The Balaban J connectivity index is 2.84. The number of terminal acetylenes is 1. The minimum absolute atomic E-state index is 0.00880. The summed E-state index contributed by atoms with van der Waals surface area (Å²) < 4.78 is 5.12. The van der Waals surface area contributed by atoms with Crippen LogP contribution in [0.25, 0.3) is 0 Å². The Morgan fingerprint density at radius 2 is 2.43 bits per heavy atom. The molecule has 0 aromatic heterocycles. The number of cyclic esters (lactones) is 1. The van der Waals surface area contributed by atoms with Gasteiger partial charge in [0.2, 0.25) is 0 Å². The van der Waals surface area contributed by atoms with Gasteiger partial charge in [-0.3, -0.25) is 4.79 Å². The Labute approximate surface area is 84.5 Å². The lowest BCUT2D eigenvalue weighted by Gasteiger charge is -2.40. The second-order valence-corrected chi connectivity index (χ2v) is 3.89. The molecule has 0 bridgehead atoms. The first-order valence-corrected chi connectivity index (χ1v) is 4.89. The van der Waals surface area contributed by atoms with Crippen molar-refractivity contribution in [1.82, 2.24) is 0 Å². The maximum atomic E-state index is 11.2. The molecule has 0 aliphatic carbocycles. The van der Waals surface area contributed by atoms with Crippen LogP contribution in [0.5, 0.6) is 0 Å². The van der Waals surface area contributed by atoms with Gasteiger partial charge in [-0.05, 0) is 6.42 Å². The predicted molar refractivity (Wildman–Crippen MR) is 52.4 cm³/mol. The first kappa shape index (κ1) is 11.1. The van der Waals surface area contributed by atoms with Crippen molar-refractivity contribution >= 4 is 5.97 Å². The molecule has 1 aliphatic rings. The smallest absolute Gasteiger partial charge is 0.309 e. The van der Waals surface area contributed by atoms with E-state index < -0.39 is 5.60 Å². The lowest BCUT2D eigenvalue weighted by atomic mass is 9.77. The molecule has 0 radical (unpaired) electrons. The van der Waals surface area contributed by atoms with Crippen molar-refractivity contribution < 1.29 is 14.6 Å². The molecule has 1 N–H and O–H groups in total. The molecule has 78 valence electrons. The molecular formula is C11H16O3. The topological polar surface area (TPSA) is 46.5 Å². The molecule has 0 saturated carbocycles. The number of aliphatic hydroxyl groups is 1. The maximum Gasteiger partial charge on any atom is 0.309 e. The van der Waals surface area contributed by atoms with Crippen LogP contribution in [0.4, 0.5) is 0 Å². The van der Waals surface area contributed by atoms with Crippen LogP contribution in [-0.4, -0.2) is 22.8 Å². The van der Waals surface area contributed by atoms with Gasteiger partial charge in [0.1, 0.15) is 6.10 Å². The Morgan fingerprint density at radius 3 is 2.93 bits per heavy atom. The van der Waals surface area contributed by atoms with Crippen LogP contribution in [0, 0.1) is 18.3 Å². The molecule has 14 heavy (non-hydrogen) atoms. The number of ether oxygens (including phenoxy) is 1.